The highest BCUT2D eigenvalue weighted by Crippen LogP contribution is 2.20. The van der Waals surface area contributed by atoms with E-state index in [9.17, 15) is 4.79 Å². The van der Waals surface area contributed by atoms with Gasteiger partial charge >= 0.3 is 0 Å². The summed E-state index contributed by atoms with van der Waals surface area (Å²) in [7, 11) is 0. The SMILES string of the molecule is CCC(=O)c1cccc(N)c1CCl. The molecule has 0 saturated carbocycles. The monoisotopic (exact) mass is 197 g/mol. The molecule has 0 fully saturated rings. The Bertz CT molecular complexity index is 323. The summed E-state index contributed by atoms with van der Waals surface area (Å²) in [5, 5.41) is 0. The largest absolute Gasteiger partial charge is 0.398 e. The third-order valence-corrected chi connectivity index (χ3v) is 2.23. The van der Waals surface area contributed by atoms with E-state index < -0.39 is 0 Å². The van der Waals surface area contributed by atoms with Crippen molar-refractivity contribution in [2.45, 2.75) is 19.2 Å². The molecule has 13 heavy (non-hydrogen) atoms. The molecule has 0 amide bonds. The van der Waals surface area contributed by atoms with Gasteiger partial charge in [0.05, 0.1) is 5.88 Å². The van der Waals surface area contributed by atoms with Crippen molar-refractivity contribution in [2.75, 3.05) is 5.73 Å². The van der Waals surface area contributed by atoms with Crippen LogP contribution in [0, 0.1) is 0 Å². The summed E-state index contributed by atoms with van der Waals surface area (Å²) in [6, 6.07) is 5.29. The molecule has 2 N–H and O–H groups in total. The van der Waals surface area contributed by atoms with Crippen molar-refractivity contribution in [3.63, 3.8) is 0 Å². The number of nitrogens with two attached hydrogens (primary N) is 1. The summed E-state index contributed by atoms with van der Waals surface area (Å²) in [4.78, 5) is 11.4. The number of Topliss-reactive ketones (excluding diaryl/α,β-unsaturated/α-hetero) is 1. The Labute approximate surface area is 82.7 Å². The first-order valence-corrected chi connectivity index (χ1v) is 4.70. The topological polar surface area (TPSA) is 43.1 Å². The highest BCUT2D eigenvalue weighted by molar-refractivity contribution is 6.18. The van der Waals surface area contributed by atoms with Crippen molar-refractivity contribution < 1.29 is 4.79 Å². The molecule has 0 aromatic heterocycles. The molecule has 0 radical (unpaired) electrons. The number of benzene rings is 1. The molecule has 1 aromatic rings. The molecule has 3 heteroatoms. The number of hydrogen-bond acceptors (Lipinski definition) is 2. The number of carbonyl (C=O) groups is 1. The van der Waals surface area contributed by atoms with Crippen LogP contribution in [0.3, 0.4) is 0 Å². The van der Waals surface area contributed by atoms with E-state index in [-0.39, 0.29) is 11.7 Å². The number of rotatable bonds is 3. The molecule has 0 heterocycles. The van der Waals surface area contributed by atoms with Crippen molar-refractivity contribution in [1.29, 1.82) is 0 Å². The normalized spacial score (nSPS) is 10.0. The van der Waals surface area contributed by atoms with Gasteiger partial charge in [0.1, 0.15) is 0 Å². The summed E-state index contributed by atoms with van der Waals surface area (Å²) in [5.41, 5.74) is 7.68. The highest BCUT2D eigenvalue weighted by atomic mass is 35.5. The van der Waals surface area contributed by atoms with Gasteiger partial charge in [-0.3, -0.25) is 4.79 Å². The third kappa shape index (κ3) is 2.01. The van der Waals surface area contributed by atoms with Crippen molar-refractivity contribution in [2.24, 2.45) is 0 Å². The zero-order chi connectivity index (χ0) is 9.84. The third-order valence-electron chi connectivity index (χ3n) is 1.97. The van der Waals surface area contributed by atoms with Gasteiger partial charge in [-0.25, -0.2) is 0 Å². The average molecular weight is 198 g/mol. The molecule has 0 spiro atoms. The molecule has 70 valence electrons. The van der Waals surface area contributed by atoms with Gasteiger partial charge in [0, 0.05) is 23.2 Å². The molecule has 0 aliphatic heterocycles. The number of anilines is 1. The maximum absolute atomic E-state index is 11.4. The van der Waals surface area contributed by atoms with Gasteiger partial charge in [-0.1, -0.05) is 19.1 Å². The van der Waals surface area contributed by atoms with Gasteiger partial charge in [-0.05, 0) is 6.07 Å². The fraction of sp³-hybridized carbons (Fsp3) is 0.300. The highest BCUT2D eigenvalue weighted by Gasteiger charge is 2.10. The Morgan fingerprint density at radius 1 is 1.54 bits per heavy atom. The molecule has 0 aliphatic rings. The first-order chi connectivity index (χ1) is 6.20. The summed E-state index contributed by atoms with van der Waals surface area (Å²) in [6.07, 6.45) is 0.480. The Kier molecular flexibility index (Phi) is 3.32. The maximum atomic E-state index is 11.4. The molecule has 2 nitrogen and oxygen atoms in total. The predicted octanol–water partition coefficient (Wildman–Crippen LogP) is 2.60. The van der Waals surface area contributed by atoms with Crippen LogP contribution in [0.2, 0.25) is 0 Å². The van der Waals surface area contributed by atoms with E-state index in [1.165, 1.54) is 0 Å². The van der Waals surface area contributed by atoms with Crippen LogP contribution in [0.5, 0.6) is 0 Å². The standard InChI is InChI=1S/C10H12ClNO/c1-2-10(13)7-4-3-5-9(12)8(7)6-11/h3-5H,2,6,12H2,1H3. The van der Waals surface area contributed by atoms with Crippen molar-refractivity contribution in [3.05, 3.63) is 29.3 Å². The van der Waals surface area contributed by atoms with E-state index in [4.69, 9.17) is 17.3 Å². The zero-order valence-electron chi connectivity index (χ0n) is 7.51. The summed E-state index contributed by atoms with van der Waals surface area (Å²) in [5.74, 6) is 0.372. The number of ketones is 1. The zero-order valence-corrected chi connectivity index (χ0v) is 8.27. The summed E-state index contributed by atoms with van der Waals surface area (Å²) >= 11 is 5.71. The fourth-order valence-electron chi connectivity index (χ4n) is 1.21. The smallest absolute Gasteiger partial charge is 0.162 e. The van der Waals surface area contributed by atoms with Crippen molar-refractivity contribution in [3.8, 4) is 0 Å². The summed E-state index contributed by atoms with van der Waals surface area (Å²) in [6.45, 7) is 1.82. The molecule has 0 aliphatic carbocycles. The van der Waals surface area contributed by atoms with Gasteiger partial charge in [-0.15, -0.1) is 11.6 Å². The lowest BCUT2D eigenvalue weighted by molar-refractivity contribution is 0.0987. The molecule has 0 saturated heterocycles. The van der Waals surface area contributed by atoms with Gasteiger partial charge in [-0.2, -0.15) is 0 Å². The van der Waals surface area contributed by atoms with Gasteiger partial charge in [0.2, 0.25) is 0 Å². The van der Waals surface area contributed by atoms with Crippen molar-refractivity contribution >= 4 is 23.1 Å². The number of halogens is 1. The van der Waals surface area contributed by atoms with E-state index in [0.717, 1.165) is 5.56 Å². The lowest BCUT2D eigenvalue weighted by Gasteiger charge is -2.07. The predicted molar refractivity (Wildman–Crippen MR) is 55.0 cm³/mol. The quantitative estimate of drug-likeness (QED) is 0.460. The number of hydrogen-bond donors (Lipinski definition) is 1. The maximum Gasteiger partial charge on any atom is 0.162 e. The second kappa shape index (κ2) is 4.28. The first-order valence-electron chi connectivity index (χ1n) is 4.17. The van der Waals surface area contributed by atoms with Gasteiger partial charge < -0.3 is 5.73 Å². The van der Waals surface area contributed by atoms with E-state index >= 15 is 0 Å². The lowest BCUT2D eigenvalue weighted by Crippen LogP contribution is -2.04. The minimum atomic E-state index is 0.0861. The number of carbonyl (C=O) groups excluding carboxylic acids is 1. The Morgan fingerprint density at radius 2 is 2.23 bits per heavy atom. The molecule has 0 bridgehead atoms. The molecular formula is C10H12ClNO. The van der Waals surface area contributed by atoms with E-state index in [0.29, 0.717) is 17.7 Å². The van der Waals surface area contributed by atoms with Gasteiger partial charge in [0.25, 0.3) is 0 Å². The minimum Gasteiger partial charge on any atom is -0.398 e. The van der Waals surface area contributed by atoms with Crippen LogP contribution in [0.4, 0.5) is 5.69 Å². The minimum absolute atomic E-state index is 0.0861. The van der Waals surface area contributed by atoms with E-state index in [1.807, 2.05) is 6.92 Å². The van der Waals surface area contributed by atoms with E-state index in [2.05, 4.69) is 0 Å². The van der Waals surface area contributed by atoms with Crippen LogP contribution < -0.4 is 5.73 Å². The van der Waals surface area contributed by atoms with Crippen LogP contribution in [-0.2, 0) is 5.88 Å². The Balaban J connectivity index is 3.20. The second-order valence-corrected chi connectivity index (χ2v) is 3.05. The lowest BCUT2D eigenvalue weighted by atomic mass is 10.0. The van der Waals surface area contributed by atoms with Crippen LogP contribution in [0.15, 0.2) is 18.2 Å². The second-order valence-electron chi connectivity index (χ2n) is 2.78. The van der Waals surface area contributed by atoms with Crippen LogP contribution in [-0.4, -0.2) is 5.78 Å². The molecular weight excluding hydrogens is 186 g/mol. The fourth-order valence-corrected chi connectivity index (χ4v) is 1.50. The average Bonchev–Trinajstić information content (AvgIpc) is 2.16. The number of nitrogen functional groups attached to an aromatic ring is 1. The van der Waals surface area contributed by atoms with E-state index in [1.54, 1.807) is 18.2 Å². The number of alkyl halides is 1. The Morgan fingerprint density at radius 3 is 2.77 bits per heavy atom. The molecule has 0 atom stereocenters. The van der Waals surface area contributed by atoms with Crippen LogP contribution in [0.25, 0.3) is 0 Å². The van der Waals surface area contributed by atoms with Crippen LogP contribution in [0.1, 0.15) is 29.3 Å². The molecule has 1 rings (SSSR count). The Hall–Kier alpha value is -1.02. The van der Waals surface area contributed by atoms with Crippen molar-refractivity contribution in [1.82, 2.24) is 0 Å². The van der Waals surface area contributed by atoms with Crippen LogP contribution >= 0.6 is 11.6 Å². The molecule has 0 unspecified atom stereocenters. The van der Waals surface area contributed by atoms with Gasteiger partial charge in [0.15, 0.2) is 5.78 Å². The first kappa shape index (κ1) is 10.1. The molecule has 1 aromatic carbocycles. The summed E-state index contributed by atoms with van der Waals surface area (Å²) < 4.78 is 0.